The Kier molecular flexibility index (Phi) is 2.95. The highest BCUT2D eigenvalue weighted by Crippen LogP contribution is 2.33. The first-order chi connectivity index (χ1) is 9.66. The molecule has 1 aromatic heterocycles. The predicted molar refractivity (Wildman–Crippen MR) is 72.6 cm³/mol. The van der Waals surface area contributed by atoms with Crippen LogP contribution in [-0.4, -0.2) is 4.98 Å². The fourth-order valence-corrected chi connectivity index (χ4v) is 1.96. The van der Waals surface area contributed by atoms with E-state index in [1.165, 1.54) is 12.1 Å². The van der Waals surface area contributed by atoms with Crippen LogP contribution in [0, 0.1) is 11.6 Å². The van der Waals surface area contributed by atoms with Crippen molar-refractivity contribution in [2.75, 3.05) is 5.73 Å². The van der Waals surface area contributed by atoms with Gasteiger partial charge in [0.2, 0.25) is 5.82 Å². The second-order valence-electron chi connectivity index (χ2n) is 4.23. The van der Waals surface area contributed by atoms with Gasteiger partial charge in [-0.25, -0.2) is 4.39 Å². The van der Waals surface area contributed by atoms with E-state index < -0.39 is 11.6 Å². The lowest BCUT2D eigenvalue weighted by atomic mass is 10.1. The molecule has 0 atom stereocenters. The predicted octanol–water partition coefficient (Wildman–Crippen LogP) is 3.89. The second-order valence-corrected chi connectivity index (χ2v) is 4.23. The molecule has 5 heteroatoms. The Labute approximate surface area is 113 Å². The minimum Gasteiger partial charge on any atom is -0.453 e. The van der Waals surface area contributed by atoms with Crippen LogP contribution >= 0.6 is 0 Å². The van der Waals surface area contributed by atoms with Crippen LogP contribution in [0.1, 0.15) is 0 Å². The van der Waals surface area contributed by atoms with Gasteiger partial charge < -0.3 is 10.5 Å². The largest absolute Gasteiger partial charge is 0.453 e. The molecule has 0 amide bonds. The number of hydrogen-bond donors (Lipinski definition) is 1. The van der Waals surface area contributed by atoms with Crippen LogP contribution < -0.4 is 10.5 Å². The molecule has 0 fully saturated rings. The van der Waals surface area contributed by atoms with Gasteiger partial charge in [0.1, 0.15) is 5.75 Å². The minimum atomic E-state index is -1.03. The second kappa shape index (κ2) is 4.77. The van der Waals surface area contributed by atoms with Crippen molar-refractivity contribution in [3.63, 3.8) is 0 Å². The van der Waals surface area contributed by atoms with Gasteiger partial charge in [0.15, 0.2) is 11.6 Å². The van der Waals surface area contributed by atoms with Crippen LogP contribution in [0.2, 0.25) is 0 Å². The van der Waals surface area contributed by atoms with Crippen molar-refractivity contribution in [1.82, 2.24) is 4.98 Å². The molecule has 3 nitrogen and oxygen atoms in total. The number of hydrogen-bond acceptors (Lipinski definition) is 3. The number of ether oxygens (including phenoxy) is 1. The maximum absolute atomic E-state index is 13.6. The van der Waals surface area contributed by atoms with Gasteiger partial charge in [-0.05, 0) is 30.3 Å². The fraction of sp³-hybridized carbons (Fsp3) is 0. The van der Waals surface area contributed by atoms with Gasteiger partial charge in [0, 0.05) is 28.9 Å². The molecule has 0 aliphatic rings. The number of halogens is 2. The van der Waals surface area contributed by atoms with E-state index in [0.29, 0.717) is 16.8 Å². The lowest BCUT2D eigenvalue weighted by Crippen LogP contribution is -1.94. The van der Waals surface area contributed by atoms with E-state index in [-0.39, 0.29) is 5.75 Å². The number of benzene rings is 2. The molecule has 0 aliphatic heterocycles. The zero-order valence-corrected chi connectivity index (χ0v) is 10.3. The Morgan fingerprint density at radius 2 is 1.80 bits per heavy atom. The van der Waals surface area contributed by atoms with Gasteiger partial charge in [-0.15, -0.1) is 0 Å². The van der Waals surface area contributed by atoms with Crippen LogP contribution in [0.15, 0.2) is 48.8 Å². The number of nitrogens with two attached hydrogens (primary N) is 1. The summed E-state index contributed by atoms with van der Waals surface area (Å²) in [6, 6.07) is 8.76. The molecular formula is C15H10F2N2O. The van der Waals surface area contributed by atoms with Crippen molar-refractivity contribution in [1.29, 1.82) is 0 Å². The third kappa shape index (κ3) is 2.03. The number of pyridine rings is 1. The summed E-state index contributed by atoms with van der Waals surface area (Å²) in [7, 11) is 0. The maximum Gasteiger partial charge on any atom is 0.201 e. The van der Waals surface area contributed by atoms with E-state index in [4.69, 9.17) is 10.5 Å². The Bertz CT molecular complexity index is 790. The summed E-state index contributed by atoms with van der Waals surface area (Å²) in [6.07, 6.45) is 3.17. The molecule has 100 valence electrons. The van der Waals surface area contributed by atoms with Gasteiger partial charge in [0.05, 0.1) is 0 Å². The quantitative estimate of drug-likeness (QED) is 0.720. The number of anilines is 1. The normalized spacial score (nSPS) is 10.7. The van der Waals surface area contributed by atoms with Crippen molar-refractivity contribution in [2.45, 2.75) is 0 Å². The number of aromatic nitrogens is 1. The van der Waals surface area contributed by atoms with Crippen molar-refractivity contribution in [2.24, 2.45) is 0 Å². The van der Waals surface area contributed by atoms with Crippen LogP contribution in [0.3, 0.4) is 0 Å². The van der Waals surface area contributed by atoms with Gasteiger partial charge in [-0.1, -0.05) is 6.07 Å². The SMILES string of the molecule is Nc1ccc(Oc2cccc(F)c2F)c2cnccc12. The van der Waals surface area contributed by atoms with Gasteiger partial charge in [-0.2, -0.15) is 4.39 Å². The summed E-state index contributed by atoms with van der Waals surface area (Å²) >= 11 is 0. The van der Waals surface area contributed by atoms with E-state index in [0.717, 1.165) is 11.5 Å². The standard InChI is InChI=1S/C15H10F2N2O/c16-11-2-1-3-14(15(11)17)20-13-5-4-12(18)9-6-7-19-8-10(9)13/h1-8H,18H2. The Morgan fingerprint density at radius 3 is 2.65 bits per heavy atom. The first kappa shape index (κ1) is 12.3. The van der Waals surface area contributed by atoms with E-state index in [1.807, 2.05) is 0 Å². The topological polar surface area (TPSA) is 48.1 Å². The molecule has 0 radical (unpaired) electrons. The van der Waals surface area contributed by atoms with E-state index in [2.05, 4.69) is 4.98 Å². The smallest absolute Gasteiger partial charge is 0.201 e. The van der Waals surface area contributed by atoms with Crippen molar-refractivity contribution in [3.8, 4) is 11.5 Å². The summed E-state index contributed by atoms with van der Waals surface area (Å²) < 4.78 is 32.2. The van der Waals surface area contributed by atoms with Gasteiger partial charge in [-0.3, -0.25) is 4.98 Å². The van der Waals surface area contributed by atoms with Gasteiger partial charge >= 0.3 is 0 Å². The summed E-state index contributed by atoms with van der Waals surface area (Å²) in [5, 5.41) is 1.38. The lowest BCUT2D eigenvalue weighted by Gasteiger charge is -2.10. The highest BCUT2D eigenvalue weighted by Gasteiger charge is 2.12. The van der Waals surface area contributed by atoms with Crippen molar-refractivity contribution in [3.05, 3.63) is 60.4 Å². The molecule has 2 N–H and O–H groups in total. The Hall–Kier alpha value is -2.69. The summed E-state index contributed by atoms with van der Waals surface area (Å²) in [5.41, 5.74) is 6.42. The van der Waals surface area contributed by atoms with Crippen LogP contribution in [0.25, 0.3) is 10.8 Å². The molecule has 20 heavy (non-hydrogen) atoms. The highest BCUT2D eigenvalue weighted by atomic mass is 19.2. The molecule has 3 aromatic rings. The third-order valence-corrected chi connectivity index (χ3v) is 2.95. The van der Waals surface area contributed by atoms with Crippen molar-refractivity contribution < 1.29 is 13.5 Å². The minimum absolute atomic E-state index is 0.181. The van der Waals surface area contributed by atoms with Crippen molar-refractivity contribution >= 4 is 16.5 Å². The number of nitrogens with zero attached hydrogens (tertiary/aromatic N) is 1. The molecule has 0 spiro atoms. The maximum atomic E-state index is 13.6. The zero-order valence-electron chi connectivity index (χ0n) is 10.3. The first-order valence-corrected chi connectivity index (χ1v) is 5.91. The highest BCUT2D eigenvalue weighted by molar-refractivity contribution is 5.96. The Balaban J connectivity index is 2.12. The van der Waals surface area contributed by atoms with E-state index >= 15 is 0 Å². The van der Waals surface area contributed by atoms with Crippen LogP contribution in [0.4, 0.5) is 14.5 Å². The monoisotopic (exact) mass is 272 g/mol. The molecule has 0 unspecified atom stereocenters. The zero-order chi connectivity index (χ0) is 14.1. The molecule has 0 saturated heterocycles. The van der Waals surface area contributed by atoms with E-state index in [9.17, 15) is 8.78 Å². The average molecular weight is 272 g/mol. The average Bonchev–Trinajstić information content (AvgIpc) is 2.47. The molecule has 0 aliphatic carbocycles. The summed E-state index contributed by atoms with van der Waals surface area (Å²) in [6.45, 7) is 0. The van der Waals surface area contributed by atoms with E-state index in [1.54, 1.807) is 30.6 Å². The lowest BCUT2D eigenvalue weighted by molar-refractivity contribution is 0.419. The fourth-order valence-electron chi connectivity index (χ4n) is 1.96. The molecule has 1 heterocycles. The molecule has 0 bridgehead atoms. The van der Waals surface area contributed by atoms with Crippen LogP contribution in [-0.2, 0) is 0 Å². The summed E-state index contributed by atoms with van der Waals surface area (Å²) in [4.78, 5) is 3.99. The first-order valence-electron chi connectivity index (χ1n) is 5.91. The third-order valence-electron chi connectivity index (χ3n) is 2.95. The molecule has 0 saturated carbocycles. The molecular weight excluding hydrogens is 262 g/mol. The van der Waals surface area contributed by atoms with Crippen LogP contribution in [0.5, 0.6) is 11.5 Å². The number of nitrogen functional groups attached to an aromatic ring is 1. The molecule has 3 rings (SSSR count). The number of rotatable bonds is 2. The van der Waals surface area contributed by atoms with Gasteiger partial charge in [0.25, 0.3) is 0 Å². The Morgan fingerprint density at radius 1 is 0.950 bits per heavy atom. The number of fused-ring (bicyclic) bond motifs is 1. The molecule has 2 aromatic carbocycles. The summed E-state index contributed by atoms with van der Waals surface area (Å²) in [5.74, 6) is -1.80.